The molecule has 0 spiro atoms. The highest BCUT2D eigenvalue weighted by molar-refractivity contribution is 5.78. The first-order valence-electron chi connectivity index (χ1n) is 6.29. The van der Waals surface area contributed by atoms with Crippen molar-refractivity contribution < 1.29 is 4.79 Å². The van der Waals surface area contributed by atoms with Crippen LogP contribution in [0.25, 0.3) is 0 Å². The second-order valence-corrected chi connectivity index (χ2v) is 6.44. The number of carbonyl (C=O) groups excluding carboxylic acids is 1. The van der Waals surface area contributed by atoms with Crippen molar-refractivity contribution >= 4 is 5.91 Å². The van der Waals surface area contributed by atoms with Gasteiger partial charge in [0, 0.05) is 18.6 Å². The van der Waals surface area contributed by atoms with Gasteiger partial charge in [0.2, 0.25) is 5.91 Å². The number of piperidine rings is 1. The Morgan fingerprint density at radius 1 is 1.25 bits per heavy atom. The molecule has 1 saturated heterocycles. The second-order valence-electron chi connectivity index (χ2n) is 6.44. The first-order chi connectivity index (χ1) is 7.26. The second kappa shape index (κ2) is 5.17. The van der Waals surface area contributed by atoms with E-state index in [9.17, 15) is 4.79 Å². The van der Waals surface area contributed by atoms with Crippen LogP contribution in [0.15, 0.2) is 0 Å². The van der Waals surface area contributed by atoms with Gasteiger partial charge in [-0.3, -0.25) is 9.69 Å². The molecule has 16 heavy (non-hydrogen) atoms. The lowest BCUT2D eigenvalue weighted by Crippen LogP contribution is -2.48. The Kier molecular flexibility index (Phi) is 4.36. The van der Waals surface area contributed by atoms with Crippen molar-refractivity contribution in [3.63, 3.8) is 0 Å². The summed E-state index contributed by atoms with van der Waals surface area (Å²) in [6, 6.07) is 0. The maximum Gasteiger partial charge on any atom is 0.234 e. The maximum atomic E-state index is 11.8. The van der Waals surface area contributed by atoms with Crippen LogP contribution in [0.3, 0.4) is 0 Å². The van der Waals surface area contributed by atoms with Gasteiger partial charge < -0.3 is 5.32 Å². The average Bonchev–Trinajstić information content (AvgIpc) is 1.96. The van der Waals surface area contributed by atoms with Gasteiger partial charge in [-0.2, -0.15) is 0 Å². The lowest BCUT2D eigenvalue weighted by Gasteiger charge is -2.35. The minimum Gasteiger partial charge on any atom is -0.350 e. The Hall–Kier alpha value is -0.570. The molecule has 2 unspecified atom stereocenters. The fourth-order valence-corrected chi connectivity index (χ4v) is 2.58. The molecule has 1 rings (SSSR count). The molecule has 0 saturated carbocycles. The molecule has 0 aromatic rings. The van der Waals surface area contributed by atoms with E-state index in [1.54, 1.807) is 0 Å². The molecular weight excluding hydrogens is 200 g/mol. The van der Waals surface area contributed by atoms with Crippen molar-refractivity contribution in [2.75, 3.05) is 19.6 Å². The predicted octanol–water partition coefficient (Wildman–Crippen LogP) is 1.88. The van der Waals surface area contributed by atoms with E-state index in [1.807, 2.05) is 20.8 Å². The molecule has 0 radical (unpaired) electrons. The summed E-state index contributed by atoms with van der Waals surface area (Å²) in [6.45, 7) is 13.3. The summed E-state index contributed by atoms with van der Waals surface area (Å²) in [5, 5.41) is 3.02. The van der Waals surface area contributed by atoms with Crippen LogP contribution in [-0.4, -0.2) is 36.0 Å². The third kappa shape index (κ3) is 4.97. The highest BCUT2D eigenvalue weighted by Crippen LogP contribution is 2.20. The van der Waals surface area contributed by atoms with E-state index >= 15 is 0 Å². The van der Waals surface area contributed by atoms with Crippen LogP contribution in [0.4, 0.5) is 0 Å². The molecule has 0 aliphatic carbocycles. The highest BCUT2D eigenvalue weighted by atomic mass is 16.2. The monoisotopic (exact) mass is 226 g/mol. The Morgan fingerprint density at radius 2 is 1.75 bits per heavy atom. The molecule has 3 nitrogen and oxygen atoms in total. The number of nitrogens with one attached hydrogen (secondary N) is 1. The third-order valence-electron chi connectivity index (χ3n) is 2.83. The standard InChI is InChI=1S/C13H26N2O/c1-10-6-11(2)8-15(7-10)9-12(16)14-13(3,4)5/h10-11H,6-9H2,1-5H3,(H,14,16). The van der Waals surface area contributed by atoms with Crippen LogP contribution in [0.5, 0.6) is 0 Å². The van der Waals surface area contributed by atoms with E-state index in [2.05, 4.69) is 24.1 Å². The van der Waals surface area contributed by atoms with Crippen molar-refractivity contribution in [3.05, 3.63) is 0 Å². The number of hydrogen-bond acceptors (Lipinski definition) is 2. The van der Waals surface area contributed by atoms with E-state index in [-0.39, 0.29) is 11.4 Å². The molecule has 1 amide bonds. The molecule has 3 heteroatoms. The molecule has 1 aliphatic heterocycles. The fourth-order valence-electron chi connectivity index (χ4n) is 2.58. The molecule has 1 aliphatic rings. The lowest BCUT2D eigenvalue weighted by atomic mass is 9.92. The predicted molar refractivity (Wildman–Crippen MR) is 67.3 cm³/mol. The van der Waals surface area contributed by atoms with Crippen molar-refractivity contribution in [2.45, 2.75) is 46.6 Å². The normalized spacial score (nSPS) is 27.8. The van der Waals surface area contributed by atoms with Crippen LogP contribution >= 0.6 is 0 Å². The average molecular weight is 226 g/mol. The zero-order valence-electron chi connectivity index (χ0n) is 11.3. The topological polar surface area (TPSA) is 32.3 Å². The van der Waals surface area contributed by atoms with Crippen LogP contribution in [-0.2, 0) is 4.79 Å². The van der Waals surface area contributed by atoms with Crippen LogP contribution < -0.4 is 5.32 Å². The number of carbonyl (C=O) groups is 1. The van der Waals surface area contributed by atoms with Gasteiger partial charge in [0.1, 0.15) is 0 Å². The summed E-state index contributed by atoms with van der Waals surface area (Å²) in [5.74, 6) is 1.58. The lowest BCUT2D eigenvalue weighted by molar-refractivity contribution is -0.124. The van der Waals surface area contributed by atoms with Crippen molar-refractivity contribution in [3.8, 4) is 0 Å². The van der Waals surface area contributed by atoms with E-state index < -0.39 is 0 Å². The molecule has 0 aromatic heterocycles. The van der Waals surface area contributed by atoms with Crippen molar-refractivity contribution in [2.24, 2.45) is 11.8 Å². The number of likely N-dealkylation sites (tertiary alicyclic amines) is 1. The molecule has 94 valence electrons. The highest BCUT2D eigenvalue weighted by Gasteiger charge is 2.24. The summed E-state index contributed by atoms with van der Waals surface area (Å²) in [5.41, 5.74) is -0.121. The van der Waals surface area contributed by atoms with Gasteiger partial charge in [0.05, 0.1) is 6.54 Å². The first kappa shape index (κ1) is 13.5. The Labute approximate surface area is 99.6 Å². The van der Waals surface area contributed by atoms with E-state index in [0.717, 1.165) is 13.1 Å². The SMILES string of the molecule is CC1CC(C)CN(CC(=O)NC(C)(C)C)C1. The molecular formula is C13H26N2O. The zero-order chi connectivity index (χ0) is 12.3. The smallest absolute Gasteiger partial charge is 0.234 e. The van der Waals surface area contributed by atoms with Gasteiger partial charge in [0.25, 0.3) is 0 Å². The van der Waals surface area contributed by atoms with Gasteiger partial charge >= 0.3 is 0 Å². The maximum absolute atomic E-state index is 11.8. The number of amides is 1. The summed E-state index contributed by atoms with van der Waals surface area (Å²) in [7, 11) is 0. The minimum atomic E-state index is -0.121. The quantitative estimate of drug-likeness (QED) is 0.779. The number of rotatable bonds is 2. The molecule has 1 N–H and O–H groups in total. The van der Waals surface area contributed by atoms with Crippen molar-refractivity contribution in [1.29, 1.82) is 0 Å². The Bertz CT molecular complexity index is 235. The van der Waals surface area contributed by atoms with E-state index in [1.165, 1.54) is 6.42 Å². The van der Waals surface area contributed by atoms with Gasteiger partial charge in [-0.05, 0) is 39.0 Å². The molecule has 1 heterocycles. The summed E-state index contributed by atoms with van der Waals surface area (Å²) < 4.78 is 0. The molecule has 2 atom stereocenters. The largest absolute Gasteiger partial charge is 0.350 e. The van der Waals surface area contributed by atoms with Gasteiger partial charge in [-0.1, -0.05) is 13.8 Å². The molecule has 0 aromatic carbocycles. The molecule has 0 bridgehead atoms. The van der Waals surface area contributed by atoms with Gasteiger partial charge in [-0.25, -0.2) is 0 Å². The Balaban J connectivity index is 2.39. The number of hydrogen-bond donors (Lipinski definition) is 1. The minimum absolute atomic E-state index is 0.121. The van der Waals surface area contributed by atoms with Crippen molar-refractivity contribution in [1.82, 2.24) is 10.2 Å². The third-order valence-corrected chi connectivity index (χ3v) is 2.83. The van der Waals surface area contributed by atoms with Gasteiger partial charge in [-0.15, -0.1) is 0 Å². The van der Waals surface area contributed by atoms with Crippen LogP contribution in [0.1, 0.15) is 41.0 Å². The summed E-state index contributed by atoms with van der Waals surface area (Å²) in [6.07, 6.45) is 1.29. The fraction of sp³-hybridized carbons (Fsp3) is 0.923. The molecule has 1 fully saturated rings. The number of nitrogens with zero attached hydrogens (tertiary/aromatic N) is 1. The van der Waals surface area contributed by atoms with Gasteiger partial charge in [0.15, 0.2) is 0 Å². The Morgan fingerprint density at radius 3 is 2.19 bits per heavy atom. The van der Waals surface area contributed by atoms with E-state index in [4.69, 9.17) is 0 Å². The van der Waals surface area contributed by atoms with Crippen LogP contribution in [0, 0.1) is 11.8 Å². The first-order valence-corrected chi connectivity index (χ1v) is 6.29. The van der Waals surface area contributed by atoms with E-state index in [0.29, 0.717) is 18.4 Å². The summed E-state index contributed by atoms with van der Waals surface area (Å²) in [4.78, 5) is 14.1. The zero-order valence-corrected chi connectivity index (χ0v) is 11.3. The van der Waals surface area contributed by atoms with Crippen LogP contribution in [0.2, 0.25) is 0 Å². The summed E-state index contributed by atoms with van der Waals surface area (Å²) >= 11 is 0.